The molecule has 2 atom stereocenters. The van der Waals surface area contributed by atoms with Gasteiger partial charge in [-0.05, 0) is 50.3 Å². The van der Waals surface area contributed by atoms with Crippen molar-refractivity contribution in [3.63, 3.8) is 0 Å². The highest BCUT2D eigenvalue weighted by molar-refractivity contribution is 6.43. The Bertz CT molecular complexity index is 1000. The number of carbonyl (C=O) groups excluding carboxylic acids is 2. The minimum Gasteiger partial charge on any atom is -0.449 e. The Balaban J connectivity index is 1.88. The standard InChI is InChI=1S/C26H34BN3O5/c1-4-30(5-2)25(31)23(18-28)16-22-8-6-7-20(15-22)13-14-35-26(32)29-24(27(33)34)17-21-11-9-19(3)10-12-21/h6-12,15,23-24,33-34H,4-5,13-14,16-17H2,1-3H3,(H,29,32)/t23?,24-/m0/s1. The van der Waals surface area contributed by atoms with Crippen LogP contribution in [0.2, 0.25) is 0 Å². The van der Waals surface area contributed by atoms with Crippen molar-refractivity contribution in [3.05, 3.63) is 70.8 Å². The van der Waals surface area contributed by atoms with Gasteiger partial charge in [0.25, 0.3) is 0 Å². The highest BCUT2D eigenvalue weighted by Crippen LogP contribution is 2.14. The fourth-order valence-electron chi connectivity index (χ4n) is 3.76. The molecule has 1 unspecified atom stereocenters. The summed E-state index contributed by atoms with van der Waals surface area (Å²) in [5, 5.41) is 31.3. The molecule has 3 N–H and O–H groups in total. The van der Waals surface area contributed by atoms with Crippen molar-refractivity contribution in [2.24, 2.45) is 5.92 Å². The van der Waals surface area contributed by atoms with Crippen LogP contribution in [0.4, 0.5) is 4.79 Å². The molecule has 2 aromatic rings. The van der Waals surface area contributed by atoms with Crippen molar-refractivity contribution in [1.82, 2.24) is 10.2 Å². The lowest BCUT2D eigenvalue weighted by atomic mass is 9.76. The van der Waals surface area contributed by atoms with Gasteiger partial charge in [0.1, 0.15) is 5.92 Å². The van der Waals surface area contributed by atoms with Crippen molar-refractivity contribution in [2.75, 3.05) is 19.7 Å². The Morgan fingerprint density at radius 3 is 2.31 bits per heavy atom. The van der Waals surface area contributed by atoms with Gasteiger partial charge in [-0.1, -0.05) is 54.1 Å². The first kappa shape index (κ1) is 27.9. The van der Waals surface area contributed by atoms with Gasteiger partial charge in [-0.15, -0.1) is 0 Å². The molecule has 2 rings (SSSR count). The number of alkyl carbamates (subject to hydrolysis) is 1. The summed E-state index contributed by atoms with van der Waals surface area (Å²) in [5.41, 5.74) is 3.71. The molecule has 0 aliphatic heterocycles. The second-order valence-electron chi connectivity index (χ2n) is 8.46. The lowest BCUT2D eigenvalue weighted by Crippen LogP contribution is -2.48. The van der Waals surface area contributed by atoms with Crippen LogP contribution in [0.25, 0.3) is 0 Å². The number of benzene rings is 2. The van der Waals surface area contributed by atoms with E-state index in [1.165, 1.54) is 0 Å². The number of nitrogens with one attached hydrogen (secondary N) is 1. The highest BCUT2D eigenvalue weighted by atomic mass is 16.5. The number of nitriles is 1. The van der Waals surface area contributed by atoms with Crippen molar-refractivity contribution < 1.29 is 24.4 Å². The average Bonchev–Trinajstić information content (AvgIpc) is 2.84. The monoisotopic (exact) mass is 479 g/mol. The molecule has 2 amide bonds. The molecule has 0 heterocycles. The van der Waals surface area contributed by atoms with Crippen LogP contribution in [-0.2, 0) is 28.8 Å². The molecule has 0 spiro atoms. The lowest BCUT2D eigenvalue weighted by molar-refractivity contribution is -0.133. The Morgan fingerprint density at radius 1 is 1.06 bits per heavy atom. The van der Waals surface area contributed by atoms with E-state index in [1.54, 1.807) is 4.90 Å². The van der Waals surface area contributed by atoms with E-state index >= 15 is 0 Å². The Kier molecular flexibility index (Phi) is 11.3. The summed E-state index contributed by atoms with van der Waals surface area (Å²) in [5.74, 6) is -1.82. The average molecular weight is 479 g/mol. The molecule has 186 valence electrons. The summed E-state index contributed by atoms with van der Waals surface area (Å²) >= 11 is 0. The van der Waals surface area contributed by atoms with Gasteiger partial charge in [0.05, 0.1) is 18.6 Å². The van der Waals surface area contributed by atoms with Gasteiger partial charge in [0.15, 0.2) is 0 Å². The maximum absolute atomic E-state index is 12.5. The number of hydrogen-bond donors (Lipinski definition) is 3. The van der Waals surface area contributed by atoms with Gasteiger partial charge in [0, 0.05) is 19.5 Å². The first-order valence-corrected chi connectivity index (χ1v) is 11.9. The number of nitrogens with zero attached hydrogens (tertiary/aromatic N) is 2. The van der Waals surface area contributed by atoms with Crippen LogP contribution in [-0.4, -0.2) is 59.7 Å². The number of amides is 2. The van der Waals surface area contributed by atoms with Crippen molar-refractivity contribution in [1.29, 1.82) is 5.26 Å². The minimum absolute atomic E-state index is 0.0914. The summed E-state index contributed by atoms with van der Waals surface area (Å²) in [7, 11) is -1.73. The third-order valence-electron chi connectivity index (χ3n) is 5.82. The summed E-state index contributed by atoms with van der Waals surface area (Å²) in [6, 6.07) is 17.2. The Morgan fingerprint density at radius 2 is 1.71 bits per heavy atom. The normalized spacial score (nSPS) is 12.2. The second kappa shape index (κ2) is 14.1. The lowest BCUT2D eigenvalue weighted by Gasteiger charge is -2.21. The van der Waals surface area contributed by atoms with Crippen LogP contribution in [0, 0.1) is 24.2 Å². The molecule has 0 saturated carbocycles. The molecule has 2 aromatic carbocycles. The molecule has 35 heavy (non-hydrogen) atoms. The maximum atomic E-state index is 12.5. The predicted molar refractivity (Wildman–Crippen MR) is 134 cm³/mol. The SMILES string of the molecule is CCN(CC)C(=O)C(C#N)Cc1cccc(CCOC(=O)N[C@@H](Cc2ccc(C)cc2)B(O)O)c1. The first-order valence-electron chi connectivity index (χ1n) is 11.9. The van der Waals surface area contributed by atoms with Gasteiger partial charge in [-0.3, -0.25) is 4.79 Å². The first-order chi connectivity index (χ1) is 16.8. The van der Waals surface area contributed by atoms with E-state index in [1.807, 2.05) is 69.3 Å². The largest absolute Gasteiger partial charge is 0.475 e. The third-order valence-corrected chi connectivity index (χ3v) is 5.82. The third kappa shape index (κ3) is 9.08. The van der Waals surface area contributed by atoms with Crippen molar-refractivity contribution in [3.8, 4) is 6.07 Å². The zero-order valence-electron chi connectivity index (χ0n) is 20.6. The van der Waals surface area contributed by atoms with Crippen LogP contribution >= 0.6 is 0 Å². The van der Waals surface area contributed by atoms with Crippen LogP contribution in [0.3, 0.4) is 0 Å². The molecule has 0 aromatic heterocycles. The minimum atomic E-state index is -1.73. The van der Waals surface area contributed by atoms with E-state index in [0.717, 1.165) is 22.3 Å². The number of carbonyl (C=O) groups is 2. The number of aryl methyl sites for hydroxylation is 1. The second-order valence-corrected chi connectivity index (χ2v) is 8.46. The Labute approximate surface area is 207 Å². The van der Waals surface area contributed by atoms with Gasteiger partial charge >= 0.3 is 13.2 Å². The quantitative estimate of drug-likeness (QED) is 0.402. The van der Waals surface area contributed by atoms with Gasteiger partial charge < -0.3 is 25.0 Å². The molecular formula is C26H34BN3O5. The number of hydrogen-bond acceptors (Lipinski definition) is 6. The molecule has 0 bridgehead atoms. The van der Waals surface area contributed by atoms with Gasteiger partial charge in [0.2, 0.25) is 5.91 Å². The van der Waals surface area contributed by atoms with E-state index in [4.69, 9.17) is 4.74 Å². The number of rotatable bonds is 12. The smallest absolute Gasteiger partial charge is 0.449 e. The fourth-order valence-corrected chi connectivity index (χ4v) is 3.76. The van der Waals surface area contributed by atoms with E-state index in [0.29, 0.717) is 25.9 Å². The van der Waals surface area contributed by atoms with Crippen LogP contribution in [0.5, 0.6) is 0 Å². The molecule has 9 heteroatoms. The summed E-state index contributed by atoms with van der Waals surface area (Å²) < 4.78 is 5.24. The van der Waals surface area contributed by atoms with Crippen LogP contribution in [0.15, 0.2) is 48.5 Å². The van der Waals surface area contributed by atoms with Crippen molar-refractivity contribution >= 4 is 19.1 Å². The van der Waals surface area contributed by atoms with Crippen molar-refractivity contribution in [2.45, 2.75) is 46.0 Å². The molecule has 8 nitrogen and oxygen atoms in total. The zero-order chi connectivity index (χ0) is 25.8. The fraction of sp³-hybridized carbons (Fsp3) is 0.423. The predicted octanol–water partition coefficient (Wildman–Crippen LogP) is 2.44. The van der Waals surface area contributed by atoms with E-state index in [2.05, 4.69) is 11.4 Å². The van der Waals surface area contributed by atoms with Gasteiger partial charge in [-0.2, -0.15) is 5.26 Å². The highest BCUT2D eigenvalue weighted by Gasteiger charge is 2.26. The van der Waals surface area contributed by atoms with Crippen LogP contribution in [0.1, 0.15) is 36.1 Å². The molecule has 0 radical (unpaired) electrons. The summed E-state index contributed by atoms with van der Waals surface area (Å²) in [4.78, 5) is 26.4. The summed E-state index contributed by atoms with van der Waals surface area (Å²) in [6.07, 6.45) is 0.269. The van der Waals surface area contributed by atoms with Gasteiger partial charge in [-0.25, -0.2) is 4.79 Å². The molecular weight excluding hydrogens is 445 g/mol. The Hall–Kier alpha value is -3.35. The van der Waals surface area contributed by atoms with E-state index < -0.39 is 25.1 Å². The summed E-state index contributed by atoms with van der Waals surface area (Å²) in [6.45, 7) is 6.95. The van der Waals surface area contributed by atoms with E-state index in [9.17, 15) is 24.9 Å². The van der Waals surface area contributed by atoms with Crippen LogP contribution < -0.4 is 5.32 Å². The maximum Gasteiger partial charge on any atom is 0.475 e. The molecule has 0 aliphatic carbocycles. The molecule has 0 saturated heterocycles. The zero-order valence-corrected chi connectivity index (χ0v) is 20.6. The molecule has 0 aliphatic rings. The molecule has 0 fully saturated rings. The topological polar surface area (TPSA) is 123 Å². The number of ether oxygens (including phenoxy) is 1. The van der Waals surface area contributed by atoms with E-state index in [-0.39, 0.29) is 18.9 Å².